The van der Waals surface area contributed by atoms with Crippen LogP contribution in [-0.4, -0.2) is 48.0 Å². The third-order valence-corrected chi connectivity index (χ3v) is 6.58. The molecule has 7 nitrogen and oxygen atoms in total. The number of anilines is 1. The number of benzene rings is 2. The summed E-state index contributed by atoms with van der Waals surface area (Å²) in [5.74, 6) is 0.134. The molecule has 8 heteroatoms. The molecule has 0 radical (unpaired) electrons. The highest BCUT2D eigenvalue weighted by Gasteiger charge is 2.41. The van der Waals surface area contributed by atoms with Crippen LogP contribution in [0, 0.1) is 22.0 Å². The number of non-ortho nitro benzene ring substituents is 1. The zero-order valence-corrected chi connectivity index (χ0v) is 19.2. The number of amides is 1. The largest absolute Gasteiger partial charge is 0.365 e. The van der Waals surface area contributed by atoms with Crippen LogP contribution in [0.2, 0.25) is 5.02 Å². The Kier molecular flexibility index (Phi) is 6.67. The van der Waals surface area contributed by atoms with E-state index in [1.807, 2.05) is 30.3 Å². The average Bonchev–Trinajstić information content (AvgIpc) is 2.77. The Morgan fingerprint density at radius 1 is 1.22 bits per heavy atom. The van der Waals surface area contributed by atoms with Crippen molar-refractivity contribution < 1.29 is 9.72 Å². The lowest BCUT2D eigenvalue weighted by Gasteiger charge is -2.49. The molecule has 1 saturated heterocycles. The smallest absolute Gasteiger partial charge is 0.269 e. The molecule has 0 bridgehead atoms. The fraction of sp³-hybridized carbons (Fsp3) is 0.458. The van der Waals surface area contributed by atoms with Crippen molar-refractivity contribution >= 4 is 28.9 Å². The van der Waals surface area contributed by atoms with Gasteiger partial charge in [0.25, 0.3) is 5.69 Å². The number of halogens is 1. The van der Waals surface area contributed by atoms with Crippen LogP contribution >= 0.6 is 11.6 Å². The number of carbonyl (C=O) groups is 1. The molecule has 0 spiro atoms. The molecule has 0 aromatic heterocycles. The van der Waals surface area contributed by atoms with Gasteiger partial charge in [-0.3, -0.25) is 19.8 Å². The van der Waals surface area contributed by atoms with E-state index < -0.39 is 0 Å². The highest BCUT2D eigenvalue weighted by atomic mass is 35.5. The van der Waals surface area contributed by atoms with Gasteiger partial charge >= 0.3 is 0 Å². The molecule has 2 aliphatic heterocycles. The number of hydrogen-bond acceptors (Lipinski definition) is 5. The molecule has 4 rings (SSSR count). The van der Waals surface area contributed by atoms with Crippen LogP contribution in [0.4, 0.5) is 11.4 Å². The number of piperazine rings is 1. The summed E-state index contributed by atoms with van der Waals surface area (Å²) in [6, 6.07) is 12.9. The first-order valence-electron chi connectivity index (χ1n) is 11.1. The number of rotatable bonds is 6. The molecule has 2 heterocycles. The number of nitro benzene ring substituents is 1. The van der Waals surface area contributed by atoms with E-state index in [2.05, 4.69) is 29.0 Å². The normalized spacial score (nSPS) is 20.6. The first kappa shape index (κ1) is 22.6. The highest BCUT2D eigenvalue weighted by molar-refractivity contribution is 6.30. The number of nitrogens with zero attached hydrogens (tertiary/aromatic N) is 3. The molecule has 0 aliphatic carbocycles. The number of carbonyl (C=O) groups excluding carboxylic acids is 1. The maximum absolute atomic E-state index is 13.2. The lowest BCUT2D eigenvalue weighted by atomic mass is 9.83. The second-order valence-electron chi connectivity index (χ2n) is 9.14. The summed E-state index contributed by atoms with van der Waals surface area (Å²) in [7, 11) is 0. The van der Waals surface area contributed by atoms with Gasteiger partial charge < -0.3 is 10.2 Å². The standard InChI is InChI=1S/C24H29ClN4O3/c1-16(2)13-26-24(30)21-12-18-11-20(29(31)32)7-8-22(18)28-10-9-27(15-23(21)28)14-17-3-5-19(25)6-4-17/h3-8,11,16,21,23H,9-10,12-15H2,1-2H3,(H,26,30). The summed E-state index contributed by atoms with van der Waals surface area (Å²) in [4.78, 5) is 28.8. The Bertz CT molecular complexity index is 995. The second-order valence-corrected chi connectivity index (χ2v) is 9.58. The lowest BCUT2D eigenvalue weighted by Crippen LogP contribution is -2.61. The minimum Gasteiger partial charge on any atom is -0.365 e. The Morgan fingerprint density at radius 3 is 2.66 bits per heavy atom. The van der Waals surface area contributed by atoms with Crippen LogP contribution in [0.3, 0.4) is 0 Å². The third-order valence-electron chi connectivity index (χ3n) is 6.33. The van der Waals surface area contributed by atoms with Gasteiger partial charge in [-0.2, -0.15) is 0 Å². The van der Waals surface area contributed by atoms with Crippen molar-refractivity contribution in [3.8, 4) is 0 Å². The van der Waals surface area contributed by atoms with Crippen LogP contribution in [0.5, 0.6) is 0 Å². The molecular weight excluding hydrogens is 428 g/mol. The van der Waals surface area contributed by atoms with E-state index in [9.17, 15) is 14.9 Å². The maximum atomic E-state index is 13.2. The average molecular weight is 457 g/mol. The van der Waals surface area contributed by atoms with Crippen molar-refractivity contribution in [2.45, 2.75) is 32.9 Å². The second kappa shape index (κ2) is 9.46. The van der Waals surface area contributed by atoms with Crippen LogP contribution in [0.15, 0.2) is 42.5 Å². The summed E-state index contributed by atoms with van der Waals surface area (Å²) < 4.78 is 0. The SMILES string of the molecule is CC(C)CNC(=O)C1Cc2cc([N+](=O)[O-])ccc2N2CCN(Cc3ccc(Cl)cc3)CC12. The van der Waals surface area contributed by atoms with Gasteiger partial charge in [0.2, 0.25) is 5.91 Å². The van der Waals surface area contributed by atoms with Crippen LogP contribution in [-0.2, 0) is 17.8 Å². The molecule has 2 unspecified atom stereocenters. The maximum Gasteiger partial charge on any atom is 0.269 e. The molecule has 2 aliphatic rings. The van der Waals surface area contributed by atoms with Crippen molar-refractivity contribution in [2.24, 2.45) is 11.8 Å². The molecule has 170 valence electrons. The number of hydrogen-bond donors (Lipinski definition) is 1. The summed E-state index contributed by atoms with van der Waals surface area (Å²) in [6.07, 6.45) is 0.511. The lowest BCUT2D eigenvalue weighted by molar-refractivity contribution is -0.384. The molecule has 2 atom stereocenters. The van der Waals surface area contributed by atoms with Crippen molar-refractivity contribution in [1.29, 1.82) is 0 Å². The van der Waals surface area contributed by atoms with E-state index in [0.29, 0.717) is 18.9 Å². The Hall–Kier alpha value is -2.64. The molecule has 2 aromatic rings. The van der Waals surface area contributed by atoms with Gasteiger partial charge in [-0.1, -0.05) is 37.6 Å². The monoisotopic (exact) mass is 456 g/mol. The molecule has 2 aromatic carbocycles. The molecule has 0 saturated carbocycles. The van der Waals surface area contributed by atoms with E-state index >= 15 is 0 Å². The van der Waals surface area contributed by atoms with E-state index in [1.54, 1.807) is 12.1 Å². The fourth-order valence-corrected chi connectivity index (χ4v) is 4.84. The Balaban J connectivity index is 1.59. The van der Waals surface area contributed by atoms with Gasteiger partial charge in [0.1, 0.15) is 0 Å². The topological polar surface area (TPSA) is 78.7 Å². The molecule has 32 heavy (non-hydrogen) atoms. The quantitative estimate of drug-likeness (QED) is 0.527. The van der Waals surface area contributed by atoms with Crippen LogP contribution < -0.4 is 10.2 Å². The van der Waals surface area contributed by atoms with E-state index in [0.717, 1.165) is 42.5 Å². The van der Waals surface area contributed by atoms with Gasteiger partial charge in [-0.25, -0.2) is 0 Å². The predicted octanol–water partition coefficient (Wildman–Crippen LogP) is 3.88. The van der Waals surface area contributed by atoms with Gasteiger partial charge in [-0.15, -0.1) is 0 Å². The number of nitro groups is 1. The Morgan fingerprint density at radius 2 is 1.97 bits per heavy atom. The summed E-state index contributed by atoms with van der Waals surface area (Å²) >= 11 is 6.02. The minimum absolute atomic E-state index is 0.0252. The van der Waals surface area contributed by atoms with Gasteiger partial charge in [0.05, 0.1) is 16.9 Å². The van der Waals surface area contributed by atoms with Crippen LogP contribution in [0.1, 0.15) is 25.0 Å². The number of nitrogens with one attached hydrogen (secondary N) is 1. The van der Waals surface area contributed by atoms with E-state index in [-0.39, 0.29) is 28.5 Å². The van der Waals surface area contributed by atoms with Gasteiger partial charge in [-0.05, 0) is 41.7 Å². The Labute approximate surface area is 193 Å². The van der Waals surface area contributed by atoms with Gasteiger partial charge in [0.15, 0.2) is 0 Å². The summed E-state index contributed by atoms with van der Waals surface area (Å²) in [6.45, 7) is 7.96. The van der Waals surface area contributed by atoms with Crippen molar-refractivity contribution in [3.05, 3.63) is 68.7 Å². The molecule has 1 fully saturated rings. The van der Waals surface area contributed by atoms with Gasteiger partial charge in [0, 0.05) is 55.6 Å². The predicted molar refractivity (Wildman–Crippen MR) is 126 cm³/mol. The summed E-state index contributed by atoms with van der Waals surface area (Å²) in [5.41, 5.74) is 3.16. The van der Waals surface area contributed by atoms with E-state index in [4.69, 9.17) is 11.6 Å². The van der Waals surface area contributed by atoms with Crippen molar-refractivity contribution in [1.82, 2.24) is 10.2 Å². The zero-order valence-electron chi connectivity index (χ0n) is 18.5. The molecular formula is C24H29ClN4O3. The molecule has 1 N–H and O–H groups in total. The molecule has 1 amide bonds. The van der Waals surface area contributed by atoms with Crippen molar-refractivity contribution in [2.75, 3.05) is 31.1 Å². The third kappa shape index (κ3) is 4.89. The number of fused-ring (bicyclic) bond motifs is 3. The minimum atomic E-state index is -0.371. The highest BCUT2D eigenvalue weighted by Crippen LogP contribution is 2.38. The summed E-state index contributed by atoms with van der Waals surface area (Å²) in [5, 5.41) is 15.1. The fourth-order valence-electron chi connectivity index (χ4n) is 4.71. The first-order chi connectivity index (χ1) is 15.3. The first-order valence-corrected chi connectivity index (χ1v) is 11.5. The van der Waals surface area contributed by atoms with Crippen molar-refractivity contribution in [3.63, 3.8) is 0 Å². The van der Waals surface area contributed by atoms with E-state index in [1.165, 1.54) is 5.56 Å². The zero-order chi connectivity index (χ0) is 22.8. The van der Waals surface area contributed by atoms with Crippen LogP contribution in [0.25, 0.3) is 0 Å².